The third-order valence-electron chi connectivity index (χ3n) is 3.49. The number of rotatable bonds is 10. The number of hydrogen-bond acceptors (Lipinski definition) is 3. The van der Waals surface area contributed by atoms with E-state index in [0.29, 0.717) is 12.1 Å². The van der Waals surface area contributed by atoms with Gasteiger partial charge in [0, 0.05) is 35.7 Å². The minimum absolute atomic E-state index is 0.445. The van der Waals surface area contributed by atoms with Crippen LogP contribution in [-0.4, -0.2) is 33.4 Å². The standard InChI is InChI=1S/C16H31N3S/c1-6-9-17-16(12-20-14(5)7-2)11-15-8-10-19(18-15)13(3)4/h8,10,13-14,16-17H,6-7,9,11-12H2,1-5H3. The van der Waals surface area contributed by atoms with E-state index in [1.807, 2.05) is 4.68 Å². The van der Waals surface area contributed by atoms with Gasteiger partial charge in [0.15, 0.2) is 0 Å². The van der Waals surface area contributed by atoms with E-state index in [9.17, 15) is 0 Å². The van der Waals surface area contributed by atoms with Crippen molar-refractivity contribution in [3.63, 3.8) is 0 Å². The first-order valence-corrected chi connectivity index (χ1v) is 9.00. The Balaban J connectivity index is 2.53. The molecule has 0 aliphatic rings. The molecule has 1 N–H and O–H groups in total. The Hall–Kier alpha value is -0.480. The highest BCUT2D eigenvalue weighted by Crippen LogP contribution is 2.16. The van der Waals surface area contributed by atoms with Crippen LogP contribution in [0.25, 0.3) is 0 Å². The Morgan fingerprint density at radius 2 is 2.05 bits per heavy atom. The molecule has 0 spiro atoms. The van der Waals surface area contributed by atoms with Gasteiger partial charge in [-0.1, -0.05) is 20.8 Å². The average Bonchev–Trinajstić information content (AvgIpc) is 2.90. The van der Waals surface area contributed by atoms with Crippen molar-refractivity contribution in [3.05, 3.63) is 18.0 Å². The van der Waals surface area contributed by atoms with Gasteiger partial charge in [-0.2, -0.15) is 16.9 Å². The lowest BCUT2D eigenvalue weighted by molar-refractivity contribution is 0.508. The molecule has 3 nitrogen and oxygen atoms in total. The van der Waals surface area contributed by atoms with E-state index in [-0.39, 0.29) is 0 Å². The molecule has 0 saturated heterocycles. The van der Waals surface area contributed by atoms with Gasteiger partial charge >= 0.3 is 0 Å². The molecule has 4 heteroatoms. The van der Waals surface area contributed by atoms with Crippen LogP contribution in [0.5, 0.6) is 0 Å². The maximum atomic E-state index is 4.67. The SMILES string of the molecule is CCCNC(CSC(C)CC)Cc1ccn(C(C)C)n1. The number of nitrogens with zero attached hydrogens (tertiary/aromatic N) is 2. The molecule has 1 aromatic rings. The molecule has 1 heterocycles. The van der Waals surface area contributed by atoms with Crippen molar-refractivity contribution in [2.24, 2.45) is 0 Å². The Labute approximate surface area is 128 Å². The highest BCUT2D eigenvalue weighted by atomic mass is 32.2. The lowest BCUT2D eigenvalue weighted by Crippen LogP contribution is -2.34. The first-order chi connectivity index (χ1) is 9.56. The minimum Gasteiger partial charge on any atom is -0.313 e. The van der Waals surface area contributed by atoms with E-state index in [1.54, 1.807) is 0 Å². The largest absolute Gasteiger partial charge is 0.313 e. The van der Waals surface area contributed by atoms with Crippen molar-refractivity contribution >= 4 is 11.8 Å². The maximum Gasteiger partial charge on any atom is 0.0640 e. The van der Waals surface area contributed by atoms with E-state index < -0.39 is 0 Å². The molecule has 1 aromatic heterocycles. The average molecular weight is 298 g/mol. The Morgan fingerprint density at radius 3 is 2.60 bits per heavy atom. The van der Waals surface area contributed by atoms with Gasteiger partial charge in [-0.3, -0.25) is 4.68 Å². The van der Waals surface area contributed by atoms with Crippen molar-refractivity contribution in [3.8, 4) is 0 Å². The van der Waals surface area contributed by atoms with Gasteiger partial charge in [-0.15, -0.1) is 0 Å². The molecule has 0 aliphatic carbocycles. The summed E-state index contributed by atoms with van der Waals surface area (Å²) < 4.78 is 2.05. The molecule has 20 heavy (non-hydrogen) atoms. The van der Waals surface area contributed by atoms with Crippen LogP contribution in [0.3, 0.4) is 0 Å². The van der Waals surface area contributed by atoms with Crippen molar-refractivity contribution < 1.29 is 0 Å². The van der Waals surface area contributed by atoms with E-state index in [2.05, 4.69) is 69.1 Å². The molecular formula is C16H31N3S. The van der Waals surface area contributed by atoms with Crippen LogP contribution in [0, 0.1) is 0 Å². The smallest absolute Gasteiger partial charge is 0.0640 e. The van der Waals surface area contributed by atoms with Crippen molar-refractivity contribution in [2.75, 3.05) is 12.3 Å². The van der Waals surface area contributed by atoms with Gasteiger partial charge in [-0.25, -0.2) is 0 Å². The molecule has 0 saturated carbocycles. The maximum absolute atomic E-state index is 4.67. The van der Waals surface area contributed by atoms with E-state index in [4.69, 9.17) is 0 Å². The molecule has 0 aromatic carbocycles. The highest BCUT2D eigenvalue weighted by molar-refractivity contribution is 7.99. The van der Waals surface area contributed by atoms with Gasteiger partial charge < -0.3 is 5.32 Å². The van der Waals surface area contributed by atoms with Crippen molar-refractivity contribution in [1.29, 1.82) is 0 Å². The second kappa shape index (κ2) is 9.46. The number of aromatic nitrogens is 2. The topological polar surface area (TPSA) is 29.9 Å². The first-order valence-electron chi connectivity index (χ1n) is 7.95. The van der Waals surface area contributed by atoms with Gasteiger partial charge in [0.25, 0.3) is 0 Å². The molecule has 2 atom stereocenters. The zero-order chi connectivity index (χ0) is 15.0. The van der Waals surface area contributed by atoms with Crippen LogP contribution in [0.4, 0.5) is 0 Å². The third-order valence-corrected chi connectivity index (χ3v) is 4.99. The molecule has 2 unspecified atom stereocenters. The number of thioether (sulfide) groups is 1. The zero-order valence-corrected chi connectivity index (χ0v) is 14.5. The van der Waals surface area contributed by atoms with E-state index in [1.165, 1.54) is 24.3 Å². The highest BCUT2D eigenvalue weighted by Gasteiger charge is 2.13. The fourth-order valence-corrected chi connectivity index (χ4v) is 3.00. The van der Waals surface area contributed by atoms with Crippen LogP contribution >= 0.6 is 11.8 Å². The Kier molecular flexibility index (Phi) is 8.31. The third kappa shape index (κ3) is 6.31. The van der Waals surface area contributed by atoms with Crippen LogP contribution < -0.4 is 5.32 Å². The summed E-state index contributed by atoms with van der Waals surface area (Å²) in [6, 6.07) is 3.14. The Morgan fingerprint density at radius 1 is 1.30 bits per heavy atom. The zero-order valence-electron chi connectivity index (χ0n) is 13.7. The monoisotopic (exact) mass is 297 g/mol. The summed E-state index contributed by atoms with van der Waals surface area (Å²) in [6.07, 6.45) is 5.56. The van der Waals surface area contributed by atoms with Gasteiger partial charge in [0.1, 0.15) is 0 Å². The van der Waals surface area contributed by atoms with Crippen molar-refractivity contribution in [2.45, 2.75) is 71.2 Å². The quantitative estimate of drug-likeness (QED) is 0.710. The Bertz CT molecular complexity index is 362. The normalized spacial score (nSPS) is 14.7. The predicted octanol–water partition coefficient (Wildman–Crippen LogP) is 3.91. The number of nitrogens with one attached hydrogen (secondary N) is 1. The van der Waals surface area contributed by atoms with Crippen molar-refractivity contribution in [1.82, 2.24) is 15.1 Å². The lowest BCUT2D eigenvalue weighted by Gasteiger charge is -2.19. The molecule has 1 rings (SSSR count). The molecule has 0 aliphatic heterocycles. The summed E-state index contributed by atoms with van der Waals surface area (Å²) in [7, 11) is 0. The van der Waals surface area contributed by atoms with E-state index >= 15 is 0 Å². The fraction of sp³-hybridized carbons (Fsp3) is 0.812. The molecule has 116 valence electrons. The lowest BCUT2D eigenvalue weighted by atomic mass is 10.2. The van der Waals surface area contributed by atoms with Crippen LogP contribution in [0.1, 0.15) is 59.2 Å². The fourth-order valence-electron chi connectivity index (χ4n) is 1.96. The van der Waals surface area contributed by atoms with Crippen LogP contribution in [-0.2, 0) is 6.42 Å². The molecule has 0 radical (unpaired) electrons. The summed E-state index contributed by atoms with van der Waals surface area (Å²) in [4.78, 5) is 0. The summed E-state index contributed by atoms with van der Waals surface area (Å²) in [5, 5.41) is 9.08. The second-order valence-electron chi connectivity index (χ2n) is 5.79. The van der Waals surface area contributed by atoms with Gasteiger partial charge in [0.05, 0.1) is 5.69 Å². The summed E-state index contributed by atoms with van der Waals surface area (Å²) >= 11 is 2.07. The van der Waals surface area contributed by atoms with Crippen LogP contribution in [0.15, 0.2) is 12.3 Å². The second-order valence-corrected chi connectivity index (χ2v) is 7.26. The molecule has 0 bridgehead atoms. The summed E-state index contributed by atoms with van der Waals surface area (Å²) in [6.45, 7) is 12.2. The van der Waals surface area contributed by atoms with Crippen LogP contribution in [0.2, 0.25) is 0 Å². The van der Waals surface area contributed by atoms with Gasteiger partial charge in [0.2, 0.25) is 0 Å². The molecule has 0 amide bonds. The summed E-state index contributed by atoms with van der Waals surface area (Å²) in [5.74, 6) is 1.17. The summed E-state index contributed by atoms with van der Waals surface area (Å²) in [5.41, 5.74) is 1.21. The molecule has 0 fully saturated rings. The van der Waals surface area contributed by atoms with Gasteiger partial charge in [-0.05, 0) is 39.3 Å². The minimum atomic E-state index is 0.445. The number of hydrogen-bond donors (Lipinski definition) is 1. The van der Waals surface area contributed by atoms with E-state index in [0.717, 1.165) is 18.2 Å². The molecular weight excluding hydrogens is 266 g/mol. The predicted molar refractivity (Wildman–Crippen MR) is 90.6 cm³/mol. The first kappa shape index (κ1) is 17.6.